The Morgan fingerprint density at radius 3 is 2.93 bits per heavy atom. The van der Waals surface area contributed by atoms with Gasteiger partial charge >= 0.3 is 0 Å². The minimum Gasteiger partial charge on any atom is -0.364 e. The summed E-state index contributed by atoms with van der Waals surface area (Å²) >= 11 is 1.82. The molecule has 1 aliphatic carbocycles. The lowest BCUT2D eigenvalue weighted by molar-refractivity contribution is 0.509. The number of hydrogen-bond donors (Lipinski definition) is 1. The Morgan fingerprint density at radius 1 is 1.14 bits per heavy atom. The average molecular weight is 388 g/mol. The molecule has 0 radical (unpaired) electrons. The molecule has 6 heteroatoms. The van der Waals surface area contributed by atoms with Crippen molar-refractivity contribution in [2.24, 2.45) is 5.92 Å². The predicted octanol–water partition coefficient (Wildman–Crippen LogP) is 4.89. The third-order valence-corrected chi connectivity index (χ3v) is 6.39. The van der Waals surface area contributed by atoms with E-state index in [0.717, 1.165) is 46.5 Å². The average Bonchev–Trinajstić information content (AvgIpc) is 3.10. The lowest BCUT2D eigenvalue weighted by Crippen LogP contribution is -2.10. The first-order valence-corrected chi connectivity index (χ1v) is 10.5. The Kier molecular flexibility index (Phi) is 4.49. The lowest BCUT2D eigenvalue weighted by atomic mass is 9.89. The van der Waals surface area contributed by atoms with Crippen LogP contribution >= 0.6 is 11.3 Å². The molecule has 4 heterocycles. The molecule has 140 valence electrons. The first-order chi connectivity index (χ1) is 13.8. The van der Waals surface area contributed by atoms with Gasteiger partial charge in [0.25, 0.3) is 0 Å². The Bertz CT molecular complexity index is 1110. The quantitative estimate of drug-likeness (QED) is 0.540. The zero-order valence-corrected chi connectivity index (χ0v) is 16.5. The smallest absolute Gasteiger partial charge is 0.164 e. The molecular formula is C22H21N5S. The maximum absolute atomic E-state index is 4.90. The minimum absolute atomic E-state index is 0.639. The van der Waals surface area contributed by atoms with E-state index in [9.17, 15) is 0 Å². The van der Waals surface area contributed by atoms with Crippen LogP contribution in [0.25, 0.3) is 21.6 Å². The molecule has 0 aliphatic heterocycles. The summed E-state index contributed by atoms with van der Waals surface area (Å²) < 4.78 is 0. The predicted molar refractivity (Wildman–Crippen MR) is 113 cm³/mol. The molecule has 0 saturated heterocycles. The molecule has 4 aromatic heterocycles. The van der Waals surface area contributed by atoms with Crippen molar-refractivity contribution in [2.75, 3.05) is 5.32 Å². The zero-order chi connectivity index (χ0) is 18.9. The normalized spacial score (nSPS) is 16.1. The fourth-order valence-corrected chi connectivity index (χ4v) is 5.15. The molecule has 0 saturated carbocycles. The van der Waals surface area contributed by atoms with E-state index in [1.165, 1.54) is 22.2 Å². The van der Waals surface area contributed by atoms with Crippen LogP contribution in [-0.2, 0) is 19.4 Å². The summed E-state index contributed by atoms with van der Waals surface area (Å²) in [6, 6.07) is 9.90. The second-order valence-electron chi connectivity index (χ2n) is 7.34. The molecule has 5 nitrogen and oxygen atoms in total. The van der Waals surface area contributed by atoms with Gasteiger partial charge in [-0.25, -0.2) is 9.97 Å². The van der Waals surface area contributed by atoms with Gasteiger partial charge in [-0.2, -0.15) is 0 Å². The summed E-state index contributed by atoms with van der Waals surface area (Å²) in [5.74, 6) is 2.36. The number of aryl methyl sites for hydroxylation is 1. The molecule has 0 fully saturated rings. The summed E-state index contributed by atoms with van der Waals surface area (Å²) in [5.41, 5.74) is 3.36. The molecule has 4 aromatic rings. The number of nitrogens with zero attached hydrogens (tertiary/aromatic N) is 4. The standard InChI is InChI=1S/C22H21N5S/c1-14-7-8-17-18(11-14)28-22-19(17)21(25-13-16-6-2-3-10-24-16)26-20(27-22)15-5-4-9-23-12-15/h2-6,9-10,12,14H,7-8,11,13H2,1H3,(H,25,26,27)/t14-/m0/s1. The van der Waals surface area contributed by atoms with Crippen molar-refractivity contribution in [2.45, 2.75) is 32.7 Å². The number of nitrogens with one attached hydrogen (secondary N) is 1. The molecule has 5 rings (SSSR count). The van der Waals surface area contributed by atoms with Crippen LogP contribution in [-0.4, -0.2) is 19.9 Å². The maximum Gasteiger partial charge on any atom is 0.164 e. The van der Waals surface area contributed by atoms with Gasteiger partial charge < -0.3 is 5.32 Å². The van der Waals surface area contributed by atoms with Gasteiger partial charge in [-0.3, -0.25) is 9.97 Å². The van der Waals surface area contributed by atoms with Crippen molar-refractivity contribution >= 4 is 27.4 Å². The van der Waals surface area contributed by atoms with E-state index in [1.807, 2.05) is 54.1 Å². The Morgan fingerprint density at radius 2 is 2.11 bits per heavy atom. The molecule has 1 N–H and O–H groups in total. The van der Waals surface area contributed by atoms with Crippen molar-refractivity contribution in [3.8, 4) is 11.4 Å². The third-order valence-electron chi connectivity index (χ3n) is 5.24. The summed E-state index contributed by atoms with van der Waals surface area (Å²) in [7, 11) is 0. The van der Waals surface area contributed by atoms with Crippen LogP contribution in [0.3, 0.4) is 0 Å². The first-order valence-electron chi connectivity index (χ1n) is 9.64. The lowest BCUT2D eigenvalue weighted by Gasteiger charge is -2.18. The van der Waals surface area contributed by atoms with Crippen LogP contribution in [0.4, 0.5) is 5.82 Å². The van der Waals surface area contributed by atoms with Crippen molar-refractivity contribution in [1.82, 2.24) is 19.9 Å². The second kappa shape index (κ2) is 7.28. The number of pyridine rings is 2. The van der Waals surface area contributed by atoms with Gasteiger partial charge in [0.15, 0.2) is 5.82 Å². The van der Waals surface area contributed by atoms with E-state index in [2.05, 4.69) is 22.2 Å². The second-order valence-corrected chi connectivity index (χ2v) is 8.43. The highest BCUT2D eigenvalue weighted by Crippen LogP contribution is 2.40. The Hall–Kier alpha value is -2.86. The fourth-order valence-electron chi connectivity index (χ4n) is 3.77. The van der Waals surface area contributed by atoms with Gasteiger partial charge in [0.1, 0.15) is 10.6 Å². The van der Waals surface area contributed by atoms with Gasteiger partial charge in [0.05, 0.1) is 17.6 Å². The summed E-state index contributed by atoms with van der Waals surface area (Å²) in [6.07, 6.45) is 8.87. The van der Waals surface area contributed by atoms with Crippen LogP contribution in [0.1, 0.15) is 29.5 Å². The van der Waals surface area contributed by atoms with Gasteiger partial charge in [-0.1, -0.05) is 13.0 Å². The highest BCUT2D eigenvalue weighted by atomic mass is 32.1. The van der Waals surface area contributed by atoms with Crippen LogP contribution < -0.4 is 5.32 Å². The van der Waals surface area contributed by atoms with Gasteiger partial charge in [0, 0.05) is 29.0 Å². The van der Waals surface area contributed by atoms with E-state index in [4.69, 9.17) is 9.97 Å². The van der Waals surface area contributed by atoms with Gasteiger partial charge in [-0.15, -0.1) is 11.3 Å². The van der Waals surface area contributed by atoms with Crippen LogP contribution in [0.5, 0.6) is 0 Å². The SMILES string of the molecule is C[C@H]1CCc2c(sc3nc(-c4cccnc4)nc(NCc4ccccn4)c23)C1. The Labute approximate surface area is 167 Å². The molecule has 0 bridgehead atoms. The van der Waals surface area contributed by atoms with E-state index in [-0.39, 0.29) is 0 Å². The Balaban J connectivity index is 1.62. The first kappa shape index (κ1) is 17.3. The van der Waals surface area contributed by atoms with E-state index < -0.39 is 0 Å². The molecule has 0 amide bonds. The van der Waals surface area contributed by atoms with Crippen LogP contribution in [0, 0.1) is 5.92 Å². The number of rotatable bonds is 4. The molecule has 1 aliphatic rings. The van der Waals surface area contributed by atoms with Crippen molar-refractivity contribution in [3.63, 3.8) is 0 Å². The molecular weight excluding hydrogens is 366 g/mol. The number of fused-ring (bicyclic) bond motifs is 3. The van der Waals surface area contributed by atoms with Crippen molar-refractivity contribution < 1.29 is 0 Å². The molecule has 1 atom stereocenters. The molecule has 0 aromatic carbocycles. The number of aromatic nitrogens is 4. The van der Waals surface area contributed by atoms with E-state index in [0.29, 0.717) is 6.54 Å². The van der Waals surface area contributed by atoms with Crippen LogP contribution in [0.15, 0.2) is 48.9 Å². The minimum atomic E-state index is 0.639. The third kappa shape index (κ3) is 3.24. The fraction of sp³-hybridized carbons (Fsp3) is 0.273. The molecule has 0 spiro atoms. The van der Waals surface area contributed by atoms with Gasteiger partial charge in [0.2, 0.25) is 0 Å². The highest BCUT2D eigenvalue weighted by Gasteiger charge is 2.24. The largest absolute Gasteiger partial charge is 0.364 e. The number of anilines is 1. The number of hydrogen-bond acceptors (Lipinski definition) is 6. The highest BCUT2D eigenvalue weighted by molar-refractivity contribution is 7.19. The zero-order valence-electron chi connectivity index (χ0n) is 15.7. The summed E-state index contributed by atoms with van der Waals surface area (Å²) in [4.78, 5) is 21.0. The van der Waals surface area contributed by atoms with Crippen molar-refractivity contribution in [3.05, 3.63) is 65.1 Å². The van der Waals surface area contributed by atoms with Crippen LogP contribution in [0.2, 0.25) is 0 Å². The number of thiophene rings is 1. The summed E-state index contributed by atoms with van der Waals surface area (Å²) in [6.45, 7) is 2.97. The van der Waals surface area contributed by atoms with E-state index >= 15 is 0 Å². The van der Waals surface area contributed by atoms with Gasteiger partial charge in [-0.05, 0) is 55.0 Å². The molecule has 28 heavy (non-hydrogen) atoms. The van der Waals surface area contributed by atoms with Crippen molar-refractivity contribution in [1.29, 1.82) is 0 Å². The monoisotopic (exact) mass is 387 g/mol. The topological polar surface area (TPSA) is 63.6 Å². The summed E-state index contributed by atoms with van der Waals surface area (Å²) in [5, 5.41) is 4.72. The maximum atomic E-state index is 4.90. The molecule has 0 unspecified atom stereocenters. The van der Waals surface area contributed by atoms with E-state index in [1.54, 1.807) is 6.20 Å².